The molecule has 2 N–H and O–H groups in total. The number of carbonyl (C=O) groups excluding carboxylic acids is 1. The molecule has 1 aliphatic rings. The molecule has 0 aliphatic carbocycles. The lowest BCUT2D eigenvalue weighted by Gasteiger charge is -2.29. The Morgan fingerprint density at radius 2 is 2.07 bits per heavy atom. The minimum absolute atomic E-state index is 0.151. The molecule has 7 nitrogen and oxygen atoms in total. The lowest BCUT2D eigenvalue weighted by molar-refractivity contribution is 0.122. The van der Waals surface area contributed by atoms with Crippen LogP contribution in [0.1, 0.15) is 31.0 Å². The largest absolute Gasteiger partial charge is 0.378 e. The highest BCUT2D eigenvalue weighted by Crippen LogP contribution is 2.22. The van der Waals surface area contributed by atoms with E-state index in [0.29, 0.717) is 13.1 Å². The van der Waals surface area contributed by atoms with Crippen molar-refractivity contribution in [3.63, 3.8) is 0 Å². The number of nitrogens with one attached hydrogen (secondary N) is 2. The summed E-state index contributed by atoms with van der Waals surface area (Å²) in [6.45, 7) is 10.4. The summed E-state index contributed by atoms with van der Waals surface area (Å²) in [6.07, 6.45) is 1.80. The van der Waals surface area contributed by atoms with Gasteiger partial charge >= 0.3 is 6.03 Å². The number of carbonyl (C=O) groups is 1. The van der Waals surface area contributed by atoms with E-state index in [1.165, 1.54) is 5.56 Å². The van der Waals surface area contributed by atoms with Gasteiger partial charge in [0.15, 0.2) is 0 Å². The van der Waals surface area contributed by atoms with Crippen molar-refractivity contribution in [2.24, 2.45) is 0 Å². The standard InChI is InChI=1S/C21H31N5O2S/c1-3-25(4-2)19(18-6-12-29-16-18)15-24-21(27)23-14-17-5-7-22-20(13-17)26-8-10-28-11-9-26/h5-7,12-13,16,19H,3-4,8-11,14-15H2,1-2H3,(H2,23,24,27). The van der Waals surface area contributed by atoms with Crippen LogP contribution in [0.4, 0.5) is 10.6 Å². The number of aromatic nitrogens is 1. The normalized spacial score (nSPS) is 15.3. The second-order valence-electron chi connectivity index (χ2n) is 6.98. The Morgan fingerprint density at radius 1 is 1.28 bits per heavy atom. The highest BCUT2D eigenvalue weighted by molar-refractivity contribution is 7.07. The third-order valence-corrected chi connectivity index (χ3v) is 5.94. The van der Waals surface area contributed by atoms with E-state index in [1.54, 1.807) is 17.5 Å². The number of hydrogen-bond acceptors (Lipinski definition) is 6. The summed E-state index contributed by atoms with van der Waals surface area (Å²) in [5.41, 5.74) is 2.29. The van der Waals surface area contributed by atoms with Gasteiger partial charge in [0.25, 0.3) is 0 Å². The van der Waals surface area contributed by atoms with Crippen molar-refractivity contribution < 1.29 is 9.53 Å². The first kappa shape index (κ1) is 21.5. The topological polar surface area (TPSA) is 69.7 Å². The van der Waals surface area contributed by atoms with Gasteiger partial charge in [-0.2, -0.15) is 11.3 Å². The number of rotatable bonds is 9. The van der Waals surface area contributed by atoms with E-state index in [2.05, 4.69) is 56.1 Å². The van der Waals surface area contributed by atoms with Crippen LogP contribution in [0.25, 0.3) is 0 Å². The van der Waals surface area contributed by atoms with Gasteiger partial charge in [0.05, 0.1) is 19.3 Å². The van der Waals surface area contributed by atoms with Crippen LogP contribution in [0.2, 0.25) is 0 Å². The van der Waals surface area contributed by atoms with Crippen LogP contribution < -0.4 is 15.5 Å². The molecule has 3 heterocycles. The molecule has 1 fully saturated rings. The monoisotopic (exact) mass is 417 g/mol. The van der Waals surface area contributed by atoms with Crippen LogP contribution in [-0.2, 0) is 11.3 Å². The molecule has 0 radical (unpaired) electrons. The average molecular weight is 418 g/mol. The van der Waals surface area contributed by atoms with Gasteiger partial charge in [-0.15, -0.1) is 0 Å². The first-order valence-corrected chi connectivity index (χ1v) is 11.2. The van der Waals surface area contributed by atoms with E-state index < -0.39 is 0 Å². The lowest BCUT2D eigenvalue weighted by atomic mass is 10.1. The van der Waals surface area contributed by atoms with Crippen molar-refractivity contribution in [3.05, 3.63) is 46.3 Å². The molecule has 1 aliphatic heterocycles. The molecule has 158 valence electrons. The van der Waals surface area contributed by atoms with Gasteiger partial charge in [-0.1, -0.05) is 13.8 Å². The van der Waals surface area contributed by atoms with Crippen LogP contribution in [0, 0.1) is 0 Å². The Bertz CT molecular complexity index is 745. The molecule has 29 heavy (non-hydrogen) atoms. The van der Waals surface area contributed by atoms with Crippen LogP contribution >= 0.6 is 11.3 Å². The molecule has 2 amide bonds. The van der Waals surface area contributed by atoms with E-state index in [-0.39, 0.29) is 12.1 Å². The third-order valence-electron chi connectivity index (χ3n) is 5.24. The van der Waals surface area contributed by atoms with Gasteiger partial charge in [-0.3, -0.25) is 4.90 Å². The number of hydrogen-bond donors (Lipinski definition) is 2. The van der Waals surface area contributed by atoms with Crippen molar-refractivity contribution in [3.8, 4) is 0 Å². The number of thiophene rings is 1. The molecule has 1 saturated heterocycles. The minimum atomic E-state index is -0.151. The van der Waals surface area contributed by atoms with Crippen molar-refractivity contribution in [1.29, 1.82) is 0 Å². The number of amides is 2. The molecule has 0 bridgehead atoms. The Labute approximate surface area is 177 Å². The third kappa shape index (κ3) is 6.16. The molecule has 8 heteroatoms. The summed E-state index contributed by atoms with van der Waals surface area (Å²) in [5, 5.41) is 10.3. The highest BCUT2D eigenvalue weighted by Gasteiger charge is 2.19. The number of anilines is 1. The van der Waals surface area contributed by atoms with Crippen molar-refractivity contribution >= 4 is 23.2 Å². The molecular formula is C21H31N5O2S. The van der Waals surface area contributed by atoms with Gasteiger partial charge in [0, 0.05) is 32.4 Å². The molecule has 3 rings (SSSR count). The quantitative estimate of drug-likeness (QED) is 0.657. The van der Waals surface area contributed by atoms with Crippen LogP contribution in [0.5, 0.6) is 0 Å². The van der Waals surface area contributed by atoms with Crippen LogP contribution in [0.3, 0.4) is 0 Å². The van der Waals surface area contributed by atoms with Crippen LogP contribution in [0.15, 0.2) is 35.2 Å². The van der Waals surface area contributed by atoms with E-state index in [0.717, 1.165) is 50.8 Å². The van der Waals surface area contributed by atoms with Gasteiger partial charge in [-0.05, 0) is 53.2 Å². The van der Waals surface area contributed by atoms with Crippen molar-refractivity contribution in [1.82, 2.24) is 20.5 Å². The number of morpholine rings is 1. The zero-order chi connectivity index (χ0) is 20.5. The minimum Gasteiger partial charge on any atom is -0.378 e. The SMILES string of the molecule is CCN(CC)C(CNC(=O)NCc1ccnc(N2CCOCC2)c1)c1ccsc1. The number of urea groups is 1. The van der Waals surface area contributed by atoms with Crippen molar-refractivity contribution in [2.45, 2.75) is 26.4 Å². The molecule has 1 unspecified atom stereocenters. The second-order valence-corrected chi connectivity index (χ2v) is 7.76. The summed E-state index contributed by atoms with van der Waals surface area (Å²) in [6, 6.07) is 6.15. The number of nitrogens with zero attached hydrogens (tertiary/aromatic N) is 3. The van der Waals surface area contributed by atoms with E-state index >= 15 is 0 Å². The summed E-state index contributed by atoms with van der Waals surface area (Å²) in [7, 11) is 0. The Hall–Kier alpha value is -2.16. The smallest absolute Gasteiger partial charge is 0.315 e. The Balaban J connectivity index is 1.51. The summed E-state index contributed by atoms with van der Waals surface area (Å²) in [4.78, 5) is 21.4. The fourth-order valence-corrected chi connectivity index (χ4v) is 4.26. The predicted molar refractivity (Wildman–Crippen MR) is 117 cm³/mol. The molecular weight excluding hydrogens is 386 g/mol. The zero-order valence-electron chi connectivity index (χ0n) is 17.3. The van der Waals surface area contributed by atoms with Gasteiger partial charge in [-0.25, -0.2) is 9.78 Å². The average Bonchev–Trinajstić information content (AvgIpc) is 3.30. The number of pyridine rings is 1. The summed E-state index contributed by atoms with van der Waals surface area (Å²) in [5.74, 6) is 0.937. The highest BCUT2D eigenvalue weighted by atomic mass is 32.1. The van der Waals surface area contributed by atoms with E-state index in [9.17, 15) is 4.79 Å². The van der Waals surface area contributed by atoms with E-state index in [4.69, 9.17) is 4.74 Å². The van der Waals surface area contributed by atoms with Gasteiger partial charge < -0.3 is 20.3 Å². The molecule has 1 atom stereocenters. The molecule has 2 aromatic rings. The number of ether oxygens (including phenoxy) is 1. The van der Waals surface area contributed by atoms with Crippen LogP contribution in [-0.4, -0.2) is 61.9 Å². The second kappa shape index (κ2) is 11.1. The Morgan fingerprint density at radius 3 is 2.76 bits per heavy atom. The van der Waals surface area contributed by atoms with E-state index in [1.807, 2.05) is 12.1 Å². The fraction of sp³-hybridized carbons (Fsp3) is 0.524. The Kier molecular flexibility index (Phi) is 8.27. The summed E-state index contributed by atoms with van der Waals surface area (Å²) < 4.78 is 5.40. The zero-order valence-corrected chi connectivity index (χ0v) is 18.1. The molecule has 0 saturated carbocycles. The van der Waals surface area contributed by atoms with Gasteiger partial charge in [0.1, 0.15) is 5.82 Å². The summed E-state index contributed by atoms with van der Waals surface area (Å²) >= 11 is 1.69. The maximum absolute atomic E-state index is 12.4. The van der Waals surface area contributed by atoms with Gasteiger partial charge in [0.2, 0.25) is 0 Å². The lowest BCUT2D eigenvalue weighted by Crippen LogP contribution is -2.42. The predicted octanol–water partition coefficient (Wildman–Crippen LogP) is 2.86. The first-order chi connectivity index (χ1) is 14.2. The maximum atomic E-state index is 12.4. The maximum Gasteiger partial charge on any atom is 0.315 e. The molecule has 2 aromatic heterocycles. The van der Waals surface area contributed by atoms with Crippen molar-refractivity contribution in [2.75, 3.05) is 50.8 Å². The number of likely N-dealkylation sites (N-methyl/N-ethyl adjacent to an activating group) is 1. The molecule has 0 spiro atoms. The fourth-order valence-electron chi connectivity index (χ4n) is 3.56. The molecule has 0 aromatic carbocycles. The first-order valence-electron chi connectivity index (χ1n) is 10.3.